The molecular weight excluding hydrogens is 286 g/mol. The summed E-state index contributed by atoms with van der Waals surface area (Å²) in [5.74, 6) is 0.903. The molecule has 1 aliphatic rings. The largest absolute Gasteiger partial charge is 0.487 e. The lowest BCUT2D eigenvalue weighted by atomic mass is 10.1. The molecule has 0 saturated carbocycles. The second-order valence-electron chi connectivity index (χ2n) is 5.39. The Morgan fingerprint density at radius 2 is 2.05 bits per heavy atom. The van der Waals surface area contributed by atoms with Gasteiger partial charge in [-0.3, -0.25) is 0 Å². The topological polar surface area (TPSA) is 35.1 Å². The first-order valence-corrected chi connectivity index (χ1v) is 7.96. The zero-order valence-electron chi connectivity index (χ0n) is 12.1. The summed E-state index contributed by atoms with van der Waals surface area (Å²) in [7, 11) is 0. The van der Waals surface area contributed by atoms with Crippen molar-refractivity contribution < 1.29 is 14.8 Å². The van der Waals surface area contributed by atoms with Crippen LogP contribution >= 0.6 is 11.6 Å². The van der Waals surface area contributed by atoms with E-state index in [0.717, 1.165) is 41.2 Å². The number of nitrogens with two attached hydrogens (primary N) is 1. The highest BCUT2D eigenvalue weighted by molar-refractivity contribution is 6.35. The molecule has 0 amide bonds. The van der Waals surface area contributed by atoms with Crippen molar-refractivity contribution in [3.8, 4) is 5.75 Å². The van der Waals surface area contributed by atoms with Crippen molar-refractivity contribution in [1.82, 2.24) is 0 Å². The third-order valence-electron chi connectivity index (χ3n) is 3.86. The molecule has 1 atom stereocenters. The van der Waals surface area contributed by atoms with Gasteiger partial charge in [0.2, 0.25) is 0 Å². The minimum Gasteiger partial charge on any atom is -0.487 e. The standard InChI is InChI=1S/C17H20ClNO2/c18-16-7-8-17(15-6-2-1-5-14(15)16)21-11-9-19-12-13-4-3-10-20-13/h1-2,5-8,13,19H,3-4,9-12H2/p+1/t13-/m0/s1. The number of benzene rings is 2. The van der Waals surface area contributed by atoms with Crippen molar-refractivity contribution in [2.45, 2.75) is 18.9 Å². The van der Waals surface area contributed by atoms with Gasteiger partial charge in [-0.15, -0.1) is 0 Å². The van der Waals surface area contributed by atoms with Gasteiger partial charge in [-0.1, -0.05) is 35.9 Å². The van der Waals surface area contributed by atoms with Crippen LogP contribution < -0.4 is 10.1 Å². The molecule has 3 rings (SSSR count). The van der Waals surface area contributed by atoms with Crippen LogP contribution in [-0.4, -0.2) is 32.4 Å². The highest BCUT2D eigenvalue weighted by Gasteiger charge is 2.16. The fourth-order valence-electron chi connectivity index (χ4n) is 2.75. The van der Waals surface area contributed by atoms with E-state index in [1.165, 1.54) is 12.8 Å². The number of ether oxygens (including phenoxy) is 2. The lowest BCUT2D eigenvalue weighted by Crippen LogP contribution is -2.87. The smallest absolute Gasteiger partial charge is 0.137 e. The van der Waals surface area contributed by atoms with Crippen LogP contribution in [0.4, 0.5) is 0 Å². The van der Waals surface area contributed by atoms with Crippen LogP contribution in [0.5, 0.6) is 5.75 Å². The van der Waals surface area contributed by atoms with Crippen molar-refractivity contribution in [1.29, 1.82) is 0 Å². The summed E-state index contributed by atoms with van der Waals surface area (Å²) in [5, 5.41) is 5.15. The highest BCUT2D eigenvalue weighted by atomic mass is 35.5. The summed E-state index contributed by atoms with van der Waals surface area (Å²) in [6, 6.07) is 11.9. The van der Waals surface area contributed by atoms with Gasteiger partial charge in [0.15, 0.2) is 0 Å². The zero-order valence-corrected chi connectivity index (χ0v) is 12.8. The van der Waals surface area contributed by atoms with Gasteiger partial charge in [0.1, 0.15) is 31.5 Å². The zero-order chi connectivity index (χ0) is 14.5. The Hall–Kier alpha value is -1.29. The molecule has 0 radical (unpaired) electrons. The van der Waals surface area contributed by atoms with E-state index in [1.54, 1.807) is 0 Å². The number of fused-ring (bicyclic) bond motifs is 1. The molecule has 1 saturated heterocycles. The maximum atomic E-state index is 6.21. The van der Waals surface area contributed by atoms with Gasteiger partial charge in [0, 0.05) is 22.4 Å². The molecule has 1 aliphatic heterocycles. The van der Waals surface area contributed by atoms with Crippen LogP contribution in [0, 0.1) is 0 Å². The third kappa shape index (κ3) is 3.67. The summed E-state index contributed by atoms with van der Waals surface area (Å²) < 4.78 is 11.5. The first kappa shape index (κ1) is 14.6. The van der Waals surface area contributed by atoms with Crippen molar-refractivity contribution in [2.24, 2.45) is 0 Å². The molecule has 0 aliphatic carbocycles. The van der Waals surface area contributed by atoms with Crippen molar-refractivity contribution in [3.05, 3.63) is 41.4 Å². The maximum Gasteiger partial charge on any atom is 0.137 e. The number of hydrogen-bond acceptors (Lipinski definition) is 2. The summed E-state index contributed by atoms with van der Waals surface area (Å²) >= 11 is 6.21. The average molecular weight is 307 g/mol. The number of rotatable bonds is 6. The molecule has 112 valence electrons. The first-order valence-electron chi connectivity index (χ1n) is 7.58. The minimum absolute atomic E-state index is 0.432. The SMILES string of the molecule is Clc1ccc(OCC[NH2+]C[C@@H]2CCCO2)c2ccccc12. The Morgan fingerprint density at radius 1 is 1.19 bits per heavy atom. The molecule has 0 unspecified atom stereocenters. The Morgan fingerprint density at radius 3 is 2.86 bits per heavy atom. The quantitative estimate of drug-likeness (QED) is 0.833. The van der Waals surface area contributed by atoms with E-state index in [0.29, 0.717) is 12.7 Å². The Balaban J connectivity index is 1.52. The predicted molar refractivity (Wildman–Crippen MR) is 85.1 cm³/mol. The van der Waals surface area contributed by atoms with Crippen molar-refractivity contribution in [3.63, 3.8) is 0 Å². The predicted octanol–water partition coefficient (Wildman–Crippen LogP) is 2.61. The summed E-state index contributed by atoms with van der Waals surface area (Å²) in [6.07, 6.45) is 2.83. The molecule has 2 aromatic rings. The van der Waals surface area contributed by atoms with Crippen LogP contribution in [0.2, 0.25) is 5.02 Å². The van der Waals surface area contributed by atoms with E-state index >= 15 is 0 Å². The molecule has 0 spiro atoms. The molecule has 4 heteroatoms. The molecule has 0 bridgehead atoms. The molecular formula is C17H21ClNO2+. The van der Waals surface area contributed by atoms with Crippen LogP contribution in [0.3, 0.4) is 0 Å². The molecule has 21 heavy (non-hydrogen) atoms. The third-order valence-corrected chi connectivity index (χ3v) is 4.19. The van der Waals surface area contributed by atoms with Gasteiger partial charge in [0.05, 0.1) is 0 Å². The second-order valence-corrected chi connectivity index (χ2v) is 5.79. The highest BCUT2D eigenvalue weighted by Crippen LogP contribution is 2.31. The monoisotopic (exact) mass is 306 g/mol. The number of halogens is 1. The molecule has 3 nitrogen and oxygen atoms in total. The number of quaternary nitrogens is 1. The van der Waals surface area contributed by atoms with E-state index in [9.17, 15) is 0 Å². The molecule has 1 heterocycles. The van der Waals surface area contributed by atoms with E-state index in [4.69, 9.17) is 21.1 Å². The van der Waals surface area contributed by atoms with Crippen LogP contribution in [0.1, 0.15) is 12.8 Å². The van der Waals surface area contributed by atoms with Crippen LogP contribution in [0.15, 0.2) is 36.4 Å². The normalized spacial score (nSPS) is 18.2. The van der Waals surface area contributed by atoms with Crippen LogP contribution in [0.25, 0.3) is 10.8 Å². The number of hydrogen-bond donors (Lipinski definition) is 1. The average Bonchev–Trinajstić information content (AvgIpc) is 3.03. The fraction of sp³-hybridized carbons (Fsp3) is 0.412. The summed E-state index contributed by atoms with van der Waals surface area (Å²) in [6.45, 7) is 3.59. The van der Waals surface area contributed by atoms with Gasteiger partial charge < -0.3 is 14.8 Å². The second kappa shape index (κ2) is 7.12. The lowest BCUT2D eigenvalue weighted by Gasteiger charge is -2.11. The first-order chi connectivity index (χ1) is 10.3. The molecule has 2 aromatic carbocycles. The summed E-state index contributed by atoms with van der Waals surface area (Å²) in [4.78, 5) is 0. The van der Waals surface area contributed by atoms with Gasteiger partial charge in [-0.25, -0.2) is 0 Å². The van der Waals surface area contributed by atoms with Crippen molar-refractivity contribution >= 4 is 22.4 Å². The van der Waals surface area contributed by atoms with E-state index in [-0.39, 0.29) is 0 Å². The molecule has 0 aromatic heterocycles. The van der Waals surface area contributed by atoms with E-state index in [2.05, 4.69) is 5.32 Å². The lowest BCUT2D eigenvalue weighted by molar-refractivity contribution is -0.661. The van der Waals surface area contributed by atoms with Gasteiger partial charge in [0.25, 0.3) is 0 Å². The van der Waals surface area contributed by atoms with Gasteiger partial charge in [-0.2, -0.15) is 0 Å². The van der Waals surface area contributed by atoms with E-state index in [1.807, 2.05) is 36.4 Å². The maximum absolute atomic E-state index is 6.21. The minimum atomic E-state index is 0.432. The van der Waals surface area contributed by atoms with Gasteiger partial charge >= 0.3 is 0 Å². The Bertz CT molecular complexity index is 596. The Kier molecular flexibility index (Phi) is 4.96. The van der Waals surface area contributed by atoms with Crippen LogP contribution in [-0.2, 0) is 4.74 Å². The molecule has 1 fully saturated rings. The van der Waals surface area contributed by atoms with E-state index < -0.39 is 0 Å². The molecule has 2 N–H and O–H groups in total. The van der Waals surface area contributed by atoms with Gasteiger partial charge in [-0.05, 0) is 25.0 Å². The van der Waals surface area contributed by atoms with Crippen molar-refractivity contribution in [2.75, 3.05) is 26.3 Å². The fourth-order valence-corrected chi connectivity index (χ4v) is 2.97. The Labute approximate surface area is 130 Å². The summed E-state index contributed by atoms with van der Waals surface area (Å²) in [5.41, 5.74) is 0.